The monoisotopic (exact) mass is 239 g/mol. The standard InChI is InChI=1S/C13H21NO3/c1-11(2,3)17-10(16)14-7-12(4)6-9(15)13(12,5)8-14/h6-8H2,1-5H3/t12-,13-/m0/s1. The molecule has 1 saturated carbocycles. The van der Waals surface area contributed by atoms with Crippen LogP contribution >= 0.6 is 0 Å². The summed E-state index contributed by atoms with van der Waals surface area (Å²) in [5.41, 5.74) is -0.893. The number of nitrogens with zero attached hydrogens (tertiary/aromatic N) is 1. The molecule has 0 bridgehead atoms. The van der Waals surface area contributed by atoms with E-state index < -0.39 is 5.60 Å². The number of carbonyl (C=O) groups is 2. The Bertz CT molecular complexity index is 385. The van der Waals surface area contributed by atoms with Crippen LogP contribution in [0, 0.1) is 10.8 Å². The van der Waals surface area contributed by atoms with E-state index in [1.807, 2.05) is 27.7 Å². The maximum absolute atomic E-state index is 12.0. The van der Waals surface area contributed by atoms with Crippen LogP contribution in [0.3, 0.4) is 0 Å². The zero-order chi connectivity index (χ0) is 13.1. The van der Waals surface area contributed by atoms with E-state index >= 15 is 0 Å². The van der Waals surface area contributed by atoms with Gasteiger partial charge in [-0.3, -0.25) is 4.79 Å². The molecule has 4 nitrogen and oxygen atoms in total. The first-order valence-corrected chi connectivity index (χ1v) is 6.09. The molecule has 1 saturated heterocycles. The maximum Gasteiger partial charge on any atom is 0.410 e. The van der Waals surface area contributed by atoms with Crippen LogP contribution in [0.1, 0.15) is 41.0 Å². The Kier molecular flexibility index (Phi) is 2.36. The van der Waals surface area contributed by atoms with E-state index in [2.05, 4.69) is 6.92 Å². The average Bonchev–Trinajstić information content (AvgIpc) is 2.33. The summed E-state index contributed by atoms with van der Waals surface area (Å²) in [7, 11) is 0. The van der Waals surface area contributed by atoms with E-state index in [0.29, 0.717) is 19.5 Å². The summed E-state index contributed by atoms with van der Waals surface area (Å²) >= 11 is 0. The molecule has 1 amide bonds. The Hall–Kier alpha value is -1.06. The quantitative estimate of drug-likeness (QED) is 0.651. The van der Waals surface area contributed by atoms with Crippen LogP contribution in [-0.2, 0) is 9.53 Å². The summed E-state index contributed by atoms with van der Waals surface area (Å²) in [6.45, 7) is 10.7. The summed E-state index contributed by atoms with van der Waals surface area (Å²) in [5.74, 6) is 0.269. The van der Waals surface area contributed by atoms with Crippen molar-refractivity contribution in [3.8, 4) is 0 Å². The molecule has 4 heteroatoms. The molecule has 0 spiro atoms. The van der Waals surface area contributed by atoms with E-state index in [1.165, 1.54) is 0 Å². The molecule has 2 aliphatic rings. The molecule has 0 unspecified atom stereocenters. The number of likely N-dealkylation sites (tertiary alicyclic amines) is 1. The van der Waals surface area contributed by atoms with Gasteiger partial charge in [-0.15, -0.1) is 0 Å². The molecular weight excluding hydrogens is 218 g/mol. The van der Waals surface area contributed by atoms with E-state index in [-0.39, 0.29) is 22.7 Å². The number of amides is 1. The number of rotatable bonds is 0. The van der Waals surface area contributed by atoms with Crippen molar-refractivity contribution >= 4 is 11.9 Å². The predicted octanol–water partition coefficient (Wildman–Crippen LogP) is 2.22. The van der Waals surface area contributed by atoms with Gasteiger partial charge in [-0.2, -0.15) is 0 Å². The fourth-order valence-corrected chi connectivity index (χ4v) is 2.80. The van der Waals surface area contributed by atoms with Gasteiger partial charge >= 0.3 is 6.09 Å². The van der Waals surface area contributed by atoms with Crippen molar-refractivity contribution in [3.05, 3.63) is 0 Å². The summed E-state index contributed by atoms with van der Waals surface area (Å²) < 4.78 is 5.35. The molecule has 0 aromatic rings. The number of fused-ring (bicyclic) bond motifs is 1. The van der Waals surface area contributed by atoms with Crippen LogP contribution < -0.4 is 0 Å². The molecule has 0 aromatic carbocycles. The Labute approximate surface area is 102 Å². The second-order valence-electron chi connectivity index (χ2n) is 6.83. The number of ketones is 1. The van der Waals surface area contributed by atoms with Crippen molar-refractivity contribution < 1.29 is 14.3 Å². The first-order valence-electron chi connectivity index (χ1n) is 6.09. The van der Waals surface area contributed by atoms with Gasteiger partial charge in [0.15, 0.2) is 0 Å². The molecule has 2 atom stereocenters. The predicted molar refractivity (Wildman–Crippen MR) is 63.6 cm³/mol. The lowest BCUT2D eigenvalue weighted by Gasteiger charge is -2.48. The third-order valence-corrected chi connectivity index (χ3v) is 4.20. The highest BCUT2D eigenvalue weighted by Gasteiger charge is 2.65. The molecule has 0 N–H and O–H groups in total. The molecule has 0 radical (unpaired) electrons. The number of Topliss-reactive ketones (excluding diaryl/α,β-unsaturated/α-hetero) is 1. The van der Waals surface area contributed by atoms with Gasteiger partial charge in [-0.05, 0) is 20.8 Å². The molecule has 1 aliphatic heterocycles. The maximum atomic E-state index is 12.0. The number of carbonyl (C=O) groups excluding carboxylic acids is 2. The minimum atomic E-state index is -0.482. The zero-order valence-electron chi connectivity index (χ0n) is 11.3. The first-order chi connectivity index (χ1) is 7.57. The van der Waals surface area contributed by atoms with Crippen molar-refractivity contribution in [2.45, 2.75) is 46.6 Å². The summed E-state index contributed by atoms with van der Waals surface area (Å²) in [6.07, 6.45) is 0.283. The minimum absolute atomic E-state index is 0.0546. The highest BCUT2D eigenvalue weighted by molar-refractivity contribution is 5.94. The molecule has 2 rings (SSSR count). The van der Waals surface area contributed by atoms with Gasteiger partial charge in [0.1, 0.15) is 11.4 Å². The first kappa shape index (κ1) is 12.4. The van der Waals surface area contributed by atoms with Crippen LogP contribution in [0.25, 0.3) is 0 Å². The Morgan fingerprint density at radius 1 is 1.29 bits per heavy atom. The molecule has 0 aromatic heterocycles. The Morgan fingerprint density at radius 2 is 1.88 bits per heavy atom. The zero-order valence-corrected chi connectivity index (χ0v) is 11.3. The van der Waals surface area contributed by atoms with E-state index in [0.717, 1.165) is 0 Å². The molecular formula is C13H21NO3. The highest BCUT2D eigenvalue weighted by Crippen LogP contribution is 2.58. The minimum Gasteiger partial charge on any atom is -0.444 e. The lowest BCUT2D eigenvalue weighted by molar-refractivity contribution is -0.148. The third kappa shape index (κ3) is 1.74. The number of hydrogen-bond acceptors (Lipinski definition) is 3. The van der Waals surface area contributed by atoms with Crippen LogP contribution in [0.4, 0.5) is 4.79 Å². The lowest BCUT2D eigenvalue weighted by Crippen LogP contribution is -2.54. The second kappa shape index (κ2) is 3.24. The Morgan fingerprint density at radius 3 is 2.29 bits per heavy atom. The topological polar surface area (TPSA) is 46.6 Å². The van der Waals surface area contributed by atoms with Gasteiger partial charge in [0.05, 0.1) is 5.41 Å². The van der Waals surface area contributed by atoms with Crippen molar-refractivity contribution in [2.75, 3.05) is 13.1 Å². The second-order valence-corrected chi connectivity index (χ2v) is 6.83. The van der Waals surface area contributed by atoms with Crippen molar-refractivity contribution in [2.24, 2.45) is 10.8 Å². The van der Waals surface area contributed by atoms with Crippen molar-refractivity contribution in [1.82, 2.24) is 4.90 Å². The fourth-order valence-electron chi connectivity index (χ4n) is 2.80. The van der Waals surface area contributed by atoms with Crippen molar-refractivity contribution in [1.29, 1.82) is 0 Å². The third-order valence-electron chi connectivity index (χ3n) is 4.20. The van der Waals surface area contributed by atoms with Crippen molar-refractivity contribution in [3.63, 3.8) is 0 Å². The normalized spacial score (nSPS) is 36.5. The van der Waals surface area contributed by atoms with Crippen LogP contribution in [-0.4, -0.2) is 35.5 Å². The van der Waals surface area contributed by atoms with E-state index in [4.69, 9.17) is 4.74 Å². The fraction of sp³-hybridized carbons (Fsp3) is 0.846. The molecule has 1 aliphatic carbocycles. The van der Waals surface area contributed by atoms with Crippen LogP contribution in [0.15, 0.2) is 0 Å². The SMILES string of the molecule is CC(C)(C)OC(=O)N1C[C@]2(C)CC(=O)[C@]2(C)C1. The van der Waals surface area contributed by atoms with Gasteiger partial charge in [-0.25, -0.2) is 4.79 Å². The van der Waals surface area contributed by atoms with Gasteiger partial charge < -0.3 is 9.64 Å². The summed E-state index contributed by atoms with van der Waals surface area (Å²) in [4.78, 5) is 25.4. The largest absolute Gasteiger partial charge is 0.444 e. The van der Waals surface area contributed by atoms with Crippen LogP contribution in [0.5, 0.6) is 0 Å². The van der Waals surface area contributed by atoms with E-state index in [1.54, 1.807) is 4.90 Å². The van der Waals surface area contributed by atoms with Crippen LogP contribution in [0.2, 0.25) is 0 Å². The van der Waals surface area contributed by atoms with Gasteiger partial charge in [-0.1, -0.05) is 13.8 Å². The average molecular weight is 239 g/mol. The molecule has 96 valence electrons. The number of hydrogen-bond donors (Lipinski definition) is 0. The van der Waals surface area contributed by atoms with E-state index in [9.17, 15) is 9.59 Å². The highest BCUT2D eigenvalue weighted by atomic mass is 16.6. The molecule has 1 heterocycles. The summed E-state index contributed by atoms with van der Waals surface area (Å²) in [6, 6.07) is 0. The van der Waals surface area contributed by atoms with Gasteiger partial charge in [0, 0.05) is 24.9 Å². The number of ether oxygens (including phenoxy) is 1. The van der Waals surface area contributed by atoms with Gasteiger partial charge in [0.2, 0.25) is 0 Å². The van der Waals surface area contributed by atoms with Gasteiger partial charge in [0.25, 0.3) is 0 Å². The smallest absolute Gasteiger partial charge is 0.410 e. The molecule has 17 heavy (non-hydrogen) atoms. The Balaban J connectivity index is 2.08. The lowest BCUT2D eigenvalue weighted by atomic mass is 9.52. The molecule has 2 fully saturated rings. The summed E-state index contributed by atoms with van der Waals surface area (Å²) in [5, 5.41) is 0.